The van der Waals surface area contributed by atoms with E-state index in [0.29, 0.717) is 13.1 Å². The molecule has 0 bridgehead atoms. The molecular weight excluding hydrogens is 312 g/mol. The van der Waals surface area contributed by atoms with Crippen LogP contribution in [0.4, 0.5) is 8.78 Å². The van der Waals surface area contributed by atoms with E-state index in [-0.39, 0.29) is 30.4 Å². The Morgan fingerprint density at radius 1 is 1.21 bits per heavy atom. The van der Waals surface area contributed by atoms with Gasteiger partial charge in [0.25, 0.3) is 0 Å². The first-order chi connectivity index (χ1) is 11.6. The molecule has 2 aromatic rings. The maximum atomic E-state index is 13.7. The number of amides is 1. The average molecular weight is 333 g/mol. The van der Waals surface area contributed by atoms with E-state index in [9.17, 15) is 13.6 Å². The molecule has 0 saturated carbocycles. The number of carbonyl (C=O) groups excluding carboxylic acids is 1. The van der Waals surface area contributed by atoms with Crippen molar-refractivity contribution in [3.63, 3.8) is 0 Å². The molecule has 128 valence electrons. The van der Waals surface area contributed by atoms with Crippen LogP contribution in [0.5, 0.6) is 0 Å². The van der Waals surface area contributed by atoms with Gasteiger partial charge in [0.2, 0.25) is 5.91 Å². The second-order valence-electron chi connectivity index (χ2n) is 6.17. The molecule has 1 atom stereocenters. The lowest BCUT2D eigenvalue weighted by molar-refractivity contribution is -0.135. The summed E-state index contributed by atoms with van der Waals surface area (Å²) in [6, 6.07) is 5.74. The fourth-order valence-corrected chi connectivity index (χ4v) is 3.29. The van der Waals surface area contributed by atoms with Crippen molar-refractivity contribution in [1.82, 2.24) is 14.7 Å². The standard InChI is InChI=1S/C18H21F2N3O/c19-16-6-3-7-17(20)15(16)8-9-18(24)23-12-2-1-5-14(23)13-22-11-4-10-21-22/h3-4,6-7,10-11,14H,1-2,5,8-9,12-13H2/t14-/m0/s1. The zero-order valence-electron chi connectivity index (χ0n) is 13.5. The second-order valence-corrected chi connectivity index (χ2v) is 6.17. The van der Waals surface area contributed by atoms with Crippen molar-refractivity contribution >= 4 is 5.91 Å². The first-order valence-electron chi connectivity index (χ1n) is 8.35. The van der Waals surface area contributed by atoms with E-state index in [0.717, 1.165) is 19.3 Å². The van der Waals surface area contributed by atoms with Gasteiger partial charge in [0, 0.05) is 30.9 Å². The quantitative estimate of drug-likeness (QED) is 0.843. The molecule has 6 heteroatoms. The Kier molecular flexibility index (Phi) is 5.23. The largest absolute Gasteiger partial charge is 0.338 e. The zero-order chi connectivity index (χ0) is 16.9. The minimum absolute atomic E-state index is 0.00788. The van der Waals surface area contributed by atoms with E-state index in [4.69, 9.17) is 0 Å². The molecule has 1 fully saturated rings. The number of rotatable bonds is 5. The molecule has 0 unspecified atom stereocenters. The van der Waals surface area contributed by atoms with Crippen LogP contribution in [-0.4, -0.2) is 33.2 Å². The van der Waals surface area contributed by atoms with Crippen LogP contribution in [0.2, 0.25) is 0 Å². The van der Waals surface area contributed by atoms with E-state index in [1.165, 1.54) is 18.2 Å². The van der Waals surface area contributed by atoms with Crippen LogP contribution in [0, 0.1) is 11.6 Å². The van der Waals surface area contributed by atoms with Gasteiger partial charge in [-0.3, -0.25) is 9.48 Å². The molecule has 1 saturated heterocycles. The van der Waals surface area contributed by atoms with Gasteiger partial charge >= 0.3 is 0 Å². The van der Waals surface area contributed by atoms with Crippen molar-refractivity contribution in [3.05, 3.63) is 53.9 Å². The summed E-state index contributed by atoms with van der Waals surface area (Å²) in [7, 11) is 0. The van der Waals surface area contributed by atoms with Crippen LogP contribution < -0.4 is 0 Å². The van der Waals surface area contributed by atoms with Crippen molar-refractivity contribution in [2.45, 2.75) is 44.7 Å². The highest BCUT2D eigenvalue weighted by molar-refractivity contribution is 5.77. The Labute approximate surface area is 140 Å². The monoisotopic (exact) mass is 333 g/mol. The Morgan fingerprint density at radius 3 is 2.71 bits per heavy atom. The third-order valence-corrected chi connectivity index (χ3v) is 4.56. The van der Waals surface area contributed by atoms with Crippen molar-refractivity contribution in [2.75, 3.05) is 6.54 Å². The SMILES string of the molecule is O=C(CCc1c(F)cccc1F)N1CCCC[C@H]1Cn1cccn1. The van der Waals surface area contributed by atoms with Crippen molar-refractivity contribution < 1.29 is 13.6 Å². The van der Waals surface area contributed by atoms with Gasteiger partial charge in [0.15, 0.2) is 0 Å². The summed E-state index contributed by atoms with van der Waals surface area (Å²) in [6.07, 6.45) is 6.78. The molecule has 1 aliphatic heterocycles. The van der Waals surface area contributed by atoms with Gasteiger partial charge in [-0.15, -0.1) is 0 Å². The topological polar surface area (TPSA) is 38.1 Å². The predicted molar refractivity (Wildman–Crippen MR) is 86.3 cm³/mol. The Hall–Kier alpha value is -2.24. The summed E-state index contributed by atoms with van der Waals surface area (Å²) in [6.45, 7) is 1.36. The molecule has 1 aliphatic rings. The number of carbonyl (C=O) groups is 1. The van der Waals surface area contributed by atoms with Gasteiger partial charge in [0.05, 0.1) is 12.6 Å². The molecule has 3 rings (SSSR count). The highest BCUT2D eigenvalue weighted by Gasteiger charge is 2.27. The smallest absolute Gasteiger partial charge is 0.223 e. The molecule has 2 heterocycles. The predicted octanol–water partition coefficient (Wildman–Crippen LogP) is 3.18. The van der Waals surface area contributed by atoms with Crippen LogP contribution in [0.25, 0.3) is 0 Å². The number of hydrogen-bond donors (Lipinski definition) is 0. The average Bonchev–Trinajstić information content (AvgIpc) is 3.08. The number of halogens is 2. The molecule has 0 aliphatic carbocycles. The fourth-order valence-electron chi connectivity index (χ4n) is 3.29. The summed E-state index contributed by atoms with van der Waals surface area (Å²) >= 11 is 0. The van der Waals surface area contributed by atoms with Gasteiger partial charge in [-0.1, -0.05) is 6.07 Å². The summed E-state index contributed by atoms with van der Waals surface area (Å²) in [5.74, 6) is -1.22. The highest BCUT2D eigenvalue weighted by Crippen LogP contribution is 2.21. The highest BCUT2D eigenvalue weighted by atomic mass is 19.1. The van der Waals surface area contributed by atoms with E-state index in [2.05, 4.69) is 5.10 Å². The maximum Gasteiger partial charge on any atom is 0.223 e. The molecule has 0 radical (unpaired) electrons. The van der Waals surface area contributed by atoms with Crippen LogP contribution in [-0.2, 0) is 17.8 Å². The Bertz CT molecular complexity index is 667. The van der Waals surface area contributed by atoms with Gasteiger partial charge in [-0.05, 0) is 43.9 Å². The third kappa shape index (κ3) is 3.80. The first-order valence-corrected chi connectivity index (χ1v) is 8.35. The number of hydrogen-bond acceptors (Lipinski definition) is 2. The summed E-state index contributed by atoms with van der Waals surface area (Å²) < 4.78 is 29.2. The van der Waals surface area contributed by atoms with Gasteiger partial charge < -0.3 is 4.90 Å². The van der Waals surface area contributed by atoms with Gasteiger partial charge in [0.1, 0.15) is 11.6 Å². The molecule has 1 aromatic heterocycles. The molecule has 0 N–H and O–H groups in total. The molecule has 1 aromatic carbocycles. The number of aromatic nitrogens is 2. The normalized spacial score (nSPS) is 17.9. The minimum atomic E-state index is -0.588. The molecule has 0 spiro atoms. The van der Waals surface area contributed by atoms with Crippen molar-refractivity contribution in [2.24, 2.45) is 0 Å². The Morgan fingerprint density at radius 2 is 2.00 bits per heavy atom. The lowest BCUT2D eigenvalue weighted by Gasteiger charge is -2.36. The van der Waals surface area contributed by atoms with Gasteiger partial charge in [-0.2, -0.15) is 5.10 Å². The van der Waals surface area contributed by atoms with E-state index < -0.39 is 11.6 Å². The number of likely N-dealkylation sites (tertiary alicyclic amines) is 1. The lowest BCUT2D eigenvalue weighted by atomic mass is 10.0. The van der Waals surface area contributed by atoms with E-state index >= 15 is 0 Å². The van der Waals surface area contributed by atoms with E-state index in [1.54, 1.807) is 6.20 Å². The minimum Gasteiger partial charge on any atom is -0.338 e. The molecule has 24 heavy (non-hydrogen) atoms. The van der Waals surface area contributed by atoms with Crippen LogP contribution in [0.3, 0.4) is 0 Å². The van der Waals surface area contributed by atoms with Crippen LogP contribution in [0.1, 0.15) is 31.2 Å². The zero-order valence-corrected chi connectivity index (χ0v) is 13.5. The van der Waals surface area contributed by atoms with Crippen molar-refractivity contribution in [1.29, 1.82) is 0 Å². The van der Waals surface area contributed by atoms with Crippen LogP contribution in [0.15, 0.2) is 36.7 Å². The van der Waals surface area contributed by atoms with Crippen molar-refractivity contribution in [3.8, 4) is 0 Å². The third-order valence-electron chi connectivity index (χ3n) is 4.56. The fraction of sp³-hybridized carbons (Fsp3) is 0.444. The van der Waals surface area contributed by atoms with E-state index in [1.807, 2.05) is 21.8 Å². The molecular formula is C18H21F2N3O. The summed E-state index contributed by atoms with van der Waals surface area (Å²) in [5, 5.41) is 4.20. The first kappa shape index (κ1) is 16.6. The molecule has 1 amide bonds. The Balaban J connectivity index is 1.63. The van der Waals surface area contributed by atoms with Gasteiger partial charge in [-0.25, -0.2) is 8.78 Å². The lowest BCUT2D eigenvalue weighted by Crippen LogP contribution is -2.46. The number of piperidine rings is 1. The molecule has 4 nitrogen and oxygen atoms in total. The maximum absolute atomic E-state index is 13.7. The summed E-state index contributed by atoms with van der Waals surface area (Å²) in [4.78, 5) is 14.4. The van der Waals surface area contributed by atoms with Crippen LogP contribution >= 0.6 is 0 Å². The number of nitrogens with zero attached hydrogens (tertiary/aromatic N) is 3. The number of benzene rings is 1. The summed E-state index contributed by atoms with van der Waals surface area (Å²) in [5.41, 5.74) is -0.00788. The second kappa shape index (κ2) is 7.55.